The van der Waals surface area contributed by atoms with Gasteiger partial charge in [-0.15, -0.1) is 0 Å². The lowest BCUT2D eigenvalue weighted by Crippen LogP contribution is -1.99. The van der Waals surface area contributed by atoms with Crippen molar-refractivity contribution in [2.24, 2.45) is 0 Å². The molecule has 0 aromatic heterocycles. The zero-order valence-electron chi connectivity index (χ0n) is 27.9. The maximum atomic E-state index is 3.74. The molecule has 0 aliphatic heterocycles. The highest BCUT2D eigenvalue weighted by molar-refractivity contribution is 5.92. The number of anilines is 4. The second-order valence-electron chi connectivity index (χ2n) is 12.7. The lowest BCUT2D eigenvalue weighted by Gasteiger charge is -2.20. The van der Waals surface area contributed by atoms with E-state index in [1.54, 1.807) is 0 Å². The highest BCUT2D eigenvalue weighted by Gasteiger charge is 2.15. The lowest BCUT2D eigenvalue weighted by atomic mass is 9.88. The molecule has 0 saturated carbocycles. The Labute approximate surface area is 295 Å². The molecule has 0 unspecified atom stereocenters. The summed E-state index contributed by atoms with van der Waals surface area (Å²) in [6.07, 6.45) is 6.75. The summed E-state index contributed by atoms with van der Waals surface area (Å²) >= 11 is 0. The number of benzene rings is 7. The Morgan fingerprint density at radius 2 is 0.920 bits per heavy atom. The molecule has 2 N–H and O–H groups in total. The third kappa shape index (κ3) is 6.92. The highest BCUT2D eigenvalue weighted by atomic mass is 14.9. The van der Waals surface area contributed by atoms with Crippen molar-refractivity contribution in [1.82, 2.24) is 0 Å². The molecule has 240 valence electrons. The van der Waals surface area contributed by atoms with Gasteiger partial charge in [-0.05, 0) is 99.8 Å². The van der Waals surface area contributed by atoms with Gasteiger partial charge in [0, 0.05) is 33.9 Å². The number of nitrogens with one attached hydrogen (secondary N) is 2. The van der Waals surface area contributed by atoms with E-state index in [1.807, 2.05) is 0 Å². The fourth-order valence-corrected chi connectivity index (χ4v) is 6.77. The Hall–Kier alpha value is -6.38. The van der Waals surface area contributed by atoms with E-state index in [1.165, 1.54) is 55.7 Å². The molecule has 0 spiro atoms. The second-order valence-corrected chi connectivity index (χ2v) is 12.7. The fraction of sp³-hybridized carbons (Fsp3) is 0.0417. The number of para-hydroxylation sites is 1. The molecular formula is C48H38N2. The zero-order chi connectivity index (χ0) is 33.5. The molecule has 7 aromatic carbocycles. The first-order valence-electron chi connectivity index (χ1n) is 17.3. The first kappa shape index (κ1) is 30.9. The zero-order valence-corrected chi connectivity index (χ0v) is 27.9. The van der Waals surface area contributed by atoms with Crippen molar-refractivity contribution in [3.63, 3.8) is 0 Å². The summed E-state index contributed by atoms with van der Waals surface area (Å²) in [7, 11) is 0. The number of allylic oxidation sites excluding steroid dienone is 4. The summed E-state index contributed by atoms with van der Waals surface area (Å²) in [5, 5.41) is 7.46. The smallest absolute Gasteiger partial charge is 0.0464 e. The van der Waals surface area contributed by atoms with Gasteiger partial charge in [0.1, 0.15) is 0 Å². The third-order valence-corrected chi connectivity index (χ3v) is 9.34. The molecular weight excluding hydrogens is 605 g/mol. The van der Waals surface area contributed by atoms with Crippen LogP contribution < -0.4 is 10.6 Å². The minimum atomic E-state index is 0.993. The maximum Gasteiger partial charge on any atom is 0.0464 e. The van der Waals surface area contributed by atoms with Gasteiger partial charge in [-0.2, -0.15) is 0 Å². The summed E-state index contributed by atoms with van der Waals surface area (Å²) in [6, 6.07) is 64.5. The molecule has 8 rings (SSSR count). The van der Waals surface area contributed by atoms with E-state index < -0.39 is 0 Å². The average Bonchev–Trinajstić information content (AvgIpc) is 3.20. The number of rotatable bonds is 9. The topological polar surface area (TPSA) is 24.1 Å². The van der Waals surface area contributed by atoms with E-state index in [-0.39, 0.29) is 0 Å². The van der Waals surface area contributed by atoms with E-state index in [2.05, 4.69) is 205 Å². The minimum Gasteiger partial charge on any atom is -0.355 e. The number of hydrogen-bond donors (Lipinski definition) is 2. The summed E-state index contributed by atoms with van der Waals surface area (Å²) < 4.78 is 0. The van der Waals surface area contributed by atoms with Crippen LogP contribution in [0.3, 0.4) is 0 Å². The second kappa shape index (κ2) is 14.4. The monoisotopic (exact) mass is 642 g/mol. The van der Waals surface area contributed by atoms with Crippen LogP contribution in [0.1, 0.15) is 24.0 Å². The SMILES string of the molecule is C1=C(c2ccc(Nc3ccc(-c4ccccc4)cc3)c(-c3ccccc3)c2)C=C(c2ccccc2Nc2cccc(-c3ccccc3)c2)CC1. The molecule has 7 aromatic rings. The first-order valence-corrected chi connectivity index (χ1v) is 17.3. The minimum absolute atomic E-state index is 0.993. The predicted octanol–water partition coefficient (Wildman–Crippen LogP) is 13.4. The molecule has 2 nitrogen and oxygen atoms in total. The first-order chi connectivity index (χ1) is 24.8. The van der Waals surface area contributed by atoms with Gasteiger partial charge in [-0.3, -0.25) is 0 Å². The third-order valence-electron chi connectivity index (χ3n) is 9.34. The molecule has 0 amide bonds. The van der Waals surface area contributed by atoms with Gasteiger partial charge in [-0.1, -0.05) is 152 Å². The van der Waals surface area contributed by atoms with Gasteiger partial charge < -0.3 is 10.6 Å². The summed E-state index contributed by atoms with van der Waals surface area (Å²) in [6.45, 7) is 0. The van der Waals surface area contributed by atoms with Crippen LogP contribution in [0.4, 0.5) is 22.7 Å². The Kier molecular flexibility index (Phi) is 8.90. The van der Waals surface area contributed by atoms with Crippen molar-refractivity contribution in [3.8, 4) is 33.4 Å². The number of hydrogen-bond acceptors (Lipinski definition) is 2. The largest absolute Gasteiger partial charge is 0.355 e. The van der Waals surface area contributed by atoms with Gasteiger partial charge in [0.15, 0.2) is 0 Å². The van der Waals surface area contributed by atoms with Gasteiger partial charge in [0.25, 0.3) is 0 Å². The van der Waals surface area contributed by atoms with Gasteiger partial charge >= 0.3 is 0 Å². The van der Waals surface area contributed by atoms with Gasteiger partial charge in [-0.25, -0.2) is 0 Å². The molecule has 1 aliphatic carbocycles. The predicted molar refractivity (Wildman–Crippen MR) is 214 cm³/mol. The summed E-state index contributed by atoms with van der Waals surface area (Å²) in [5.41, 5.74) is 16.6. The molecule has 50 heavy (non-hydrogen) atoms. The lowest BCUT2D eigenvalue weighted by molar-refractivity contribution is 1.06. The van der Waals surface area contributed by atoms with Crippen molar-refractivity contribution in [2.75, 3.05) is 10.6 Å². The summed E-state index contributed by atoms with van der Waals surface area (Å²) in [4.78, 5) is 0. The standard InChI is InChI=1S/C48H38N2/c1-4-14-35(15-5-1)37-26-29-43(30-27-37)49-48-31-28-41(34-46(48)38-18-8-3-9-19-38)39-20-12-22-42(32-39)45-24-10-11-25-47(45)50-44-23-13-21-40(33-44)36-16-6-2-7-17-36/h1-11,13-21,23-34,49-50H,12,22H2. The maximum absolute atomic E-state index is 3.74. The van der Waals surface area contributed by atoms with E-state index in [9.17, 15) is 0 Å². The van der Waals surface area contributed by atoms with Crippen LogP contribution in [-0.2, 0) is 0 Å². The van der Waals surface area contributed by atoms with Gasteiger partial charge in [0.05, 0.1) is 0 Å². The van der Waals surface area contributed by atoms with Crippen LogP contribution in [0, 0.1) is 0 Å². The van der Waals surface area contributed by atoms with Crippen molar-refractivity contribution >= 4 is 33.9 Å². The van der Waals surface area contributed by atoms with Crippen LogP contribution in [0.25, 0.3) is 44.5 Å². The Morgan fingerprint density at radius 1 is 0.360 bits per heavy atom. The van der Waals surface area contributed by atoms with E-state index in [0.29, 0.717) is 0 Å². The summed E-state index contributed by atoms with van der Waals surface area (Å²) in [5.74, 6) is 0. The van der Waals surface area contributed by atoms with Crippen molar-refractivity contribution in [1.29, 1.82) is 0 Å². The molecule has 2 heteroatoms. The van der Waals surface area contributed by atoms with E-state index in [0.717, 1.165) is 35.6 Å². The van der Waals surface area contributed by atoms with Crippen molar-refractivity contribution in [3.05, 3.63) is 205 Å². The molecule has 0 fully saturated rings. The normalized spacial score (nSPS) is 12.5. The molecule has 1 aliphatic rings. The van der Waals surface area contributed by atoms with Gasteiger partial charge in [0.2, 0.25) is 0 Å². The molecule has 0 radical (unpaired) electrons. The Morgan fingerprint density at radius 3 is 1.66 bits per heavy atom. The molecule has 0 atom stereocenters. The molecule has 0 heterocycles. The van der Waals surface area contributed by atoms with Crippen LogP contribution in [0.15, 0.2) is 194 Å². The Bertz CT molecular complexity index is 2280. The fourth-order valence-electron chi connectivity index (χ4n) is 6.77. The quantitative estimate of drug-likeness (QED) is 0.164. The molecule has 0 saturated heterocycles. The Balaban J connectivity index is 1.08. The molecule has 0 bridgehead atoms. The van der Waals surface area contributed by atoms with E-state index >= 15 is 0 Å². The van der Waals surface area contributed by atoms with Crippen molar-refractivity contribution in [2.45, 2.75) is 12.8 Å². The van der Waals surface area contributed by atoms with E-state index in [4.69, 9.17) is 0 Å². The van der Waals surface area contributed by atoms with Crippen molar-refractivity contribution < 1.29 is 0 Å². The average molecular weight is 643 g/mol. The van der Waals surface area contributed by atoms with Crippen LogP contribution in [-0.4, -0.2) is 0 Å². The van der Waals surface area contributed by atoms with Crippen LogP contribution in [0.2, 0.25) is 0 Å². The van der Waals surface area contributed by atoms with Crippen LogP contribution in [0.5, 0.6) is 0 Å². The van der Waals surface area contributed by atoms with Crippen LogP contribution >= 0.6 is 0 Å². The highest BCUT2D eigenvalue weighted by Crippen LogP contribution is 2.39.